The number of carbonyl (C=O) groups is 1. The number of halogens is 1. The Bertz CT molecular complexity index is 392. The maximum atomic E-state index is 13.0. The van der Waals surface area contributed by atoms with Gasteiger partial charge in [-0.25, -0.2) is 0 Å². The molecule has 0 aliphatic heterocycles. The lowest BCUT2D eigenvalue weighted by Crippen LogP contribution is -2.00. The summed E-state index contributed by atoms with van der Waals surface area (Å²) < 4.78 is 13.0. The lowest BCUT2D eigenvalue weighted by Gasteiger charge is -2.03. The van der Waals surface area contributed by atoms with Crippen LogP contribution in [0.25, 0.3) is 0 Å². The van der Waals surface area contributed by atoms with Crippen molar-refractivity contribution in [2.24, 2.45) is 0 Å². The highest BCUT2D eigenvalue weighted by Gasteiger charge is 2.15. The molecule has 1 N–H and O–H groups in total. The molecule has 0 saturated carbocycles. The van der Waals surface area contributed by atoms with Crippen molar-refractivity contribution in [2.75, 3.05) is 5.32 Å². The van der Waals surface area contributed by atoms with E-state index in [1.807, 2.05) is 0 Å². The molecular weight excluding hydrogens is 191 g/mol. The third-order valence-electron chi connectivity index (χ3n) is 1.70. The summed E-state index contributed by atoms with van der Waals surface area (Å²) >= 11 is 0. The molecule has 5 nitrogen and oxygen atoms in total. The van der Waals surface area contributed by atoms with Crippen LogP contribution in [0.4, 0.5) is 15.8 Å². The van der Waals surface area contributed by atoms with E-state index in [-0.39, 0.29) is 5.69 Å². The summed E-state index contributed by atoms with van der Waals surface area (Å²) in [5, 5.41) is 12.6. The molecule has 0 aromatic heterocycles. The molecule has 0 radical (unpaired) electrons. The third kappa shape index (κ3) is 1.85. The van der Waals surface area contributed by atoms with E-state index in [4.69, 9.17) is 0 Å². The molecule has 0 unspecified atom stereocenters. The number of nitro benzene ring substituents is 1. The van der Waals surface area contributed by atoms with Gasteiger partial charge in [-0.1, -0.05) is 0 Å². The number of hydrogen-bond acceptors (Lipinski definition) is 3. The fourth-order valence-corrected chi connectivity index (χ4v) is 1.03. The second-order valence-electron chi connectivity index (χ2n) is 2.64. The minimum Gasteiger partial charge on any atom is -0.328 e. The van der Waals surface area contributed by atoms with Crippen LogP contribution in [0.15, 0.2) is 12.1 Å². The van der Waals surface area contributed by atoms with Crippen molar-refractivity contribution in [2.45, 2.75) is 6.92 Å². The van der Waals surface area contributed by atoms with Gasteiger partial charge in [0.05, 0.1) is 4.92 Å². The zero-order valence-electron chi connectivity index (χ0n) is 7.28. The Hall–Kier alpha value is -1.98. The van der Waals surface area contributed by atoms with Crippen molar-refractivity contribution in [1.82, 2.24) is 0 Å². The number of hydrogen-bond donors (Lipinski definition) is 1. The van der Waals surface area contributed by atoms with Crippen LogP contribution in [0, 0.1) is 22.9 Å². The molecule has 1 aromatic carbocycles. The average molecular weight is 198 g/mol. The maximum Gasteiger partial charge on any atom is 0.305 e. The average Bonchev–Trinajstić information content (AvgIpc) is 2.10. The maximum absolute atomic E-state index is 13.0. The molecule has 0 saturated heterocycles. The van der Waals surface area contributed by atoms with Crippen molar-refractivity contribution in [3.63, 3.8) is 0 Å². The smallest absolute Gasteiger partial charge is 0.305 e. The predicted molar refractivity (Wildman–Crippen MR) is 47.5 cm³/mol. The van der Waals surface area contributed by atoms with E-state index in [0.717, 1.165) is 12.1 Å². The first-order chi connectivity index (χ1) is 6.56. The van der Waals surface area contributed by atoms with Crippen LogP contribution in [0.1, 0.15) is 5.56 Å². The van der Waals surface area contributed by atoms with E-state index in [0.29, 0.717) is 12.0 Å². The lowest BCUT2D eigenvalue weighted by molar-refractivity contribution is -0.387. The molecule has 0 aliphatic rings. The number of carbonyl (C=O) groups excluding carboxylic acids is 1. The minimum atomic E-state index is -0.968. The van der Waals surface area contributed by atoms with Gasteiger partial charge in [-0.15, -0.1) is 0 Å². The van der Waals surface area contributed by atoms with Gasteiger partial charge in [0.25, 0.3) is 0 Å². The summed E-state index contributed by atoms with van der Waals surface area (Å²) in [5.41, 5.74) is 0.0623. The number of nitrogens with zero attached hydrogens (tertiary/aromatic N) is 1. The Morgan fingerprint density at radius 3 is 2.71 bits per heavy atom. The first kappa shape index (κ1) is 10.1. The Balaban J connectivity index is 3.23. The molecule has 0 spiro atoms. The summed E-state index contributed by atoms with van der Waals surface area (Å²) in [6, 6.07) is 1.99. The van der Waals surface area contributed by atoms with Crippen molar-refractivity contribution in [3.8, 4) is 0 Å². The van der Waals surface area contributed by atoms with Gasteiger partial charge in [-0.2, -0.15) is 4.39 Å². The number of anilines is 1. The van der Waals surface area contributed by atoms with Gasteiger partial charge in [0, 0.05) is 17.8 Å². The number of nitrogens with one attached hydrogen (secondary N) is 1. The molecule has 6 heteroatoms. The summed E-state index contributed by atoms with van der Waals surface area (Å²) in [5.74, 6) is -0.968. The Kier molecular flexibility index (Phi) is 2.76. The van der Waals surface area contributed by atoms with Crippen LogP contribution in [-0.2, 0) is 4.79 Å². The molecule has 1 amide bonds. The van der Waals surface area contributed by atoms with E-state index in [9.17, 15) is 19.3 Å². The lowest BCUT2D eigenvalue weighted by atomic mass is 10.1. The summed E-state index contributed by atoms with van der Waals surface area (Å²) in [6.45, 7) is 1.54. The minimum absolute atomic E-state index is 0.225. The van der Waals surface area contributed by atoms with Crippen molar-refractivity contribution in [3.05, 3.63) is 33.6 Å². The van der Waals surface area contributed by atoms with Gasteiger partial charge >= 0.3 is 5.69 Å². The highest BCUT2D eigenvalue weighted by molar-refractivity contribution is 5.74. The number of nitro groups is 1. The molecule has 0 aliphatic carbocycles. The van der Waals surface area contributed by atoms with E-state index in [1.54, 1.807) is 0 Å². The largest absolute Gasteiger partial charge is 0.328 e. The van der Waals surface area contributed by atoms with Gasteiger partial charge in [0.15, 0.2) is 0 Å². The van der Waals surface area contributed by atoms with Gasteiger partial charge in [0.1, 0.15) is 0 Å². The second kappa shape index (κ2) is 3.82. The normalized spacial score (nSPS) is 9.57. The van der Waals surface area contributed by atoms with Crippen LogP contribution in [0.3, 0.4) is 0 Å². The quantitative estimate of drug-likeness (QED) is 0.455. The monoisotopic (exact) mass is 198 g/mol. The Morgan fingerprint density at radius 2 is 2.21 bits per heavy atom. The summed E-state index contributed by atoms with van der Waals surface area (Å²) in [7, 11) is 0. The number of rotatable bonds is 3. The highest BCUT2D eigenvalue weighted by Crippen LogP contribution is 2.24. The van der Waals surface area contributed by atoms with E-state index < -0.39 is 16.4 Å². The molecule has 0 heterocycles. The van der Waals surface area contributed by atoms with Crippen LogP contribution in [0.2, 0.25) is 0 Å². The van der Waals surface area contributed by atoms with Crippen molar-refractivity contribution < 1.29 is 14.1 Å². The first-order valence-corrected chi connectivity index (χ1v) is 3.71. The van der Waals surface area contributed by atoms with Crippen LogP contribution >= 0.6 is 0 Å². The van der Waals surface area contributed by atoms with E-state index >= 15 is 0 Å². The molecule has 0 fully saturated rings. The molecular formula is C8H7FN2O3. The predicted octanol–water partition coefficient (Wildman–Crippen LogP) is 1.61. The van der Waals surface area contributed by atoms with Gasteiger partial charge < -0.3 is 5.32 Å². The molecule has 1 aromatic rings. The molecule has 0 atom stereocenters. The van der Waals surface area contributed by atoms with Gasteiger partial charge in [-0.3, -0.25) is 14.9 Å². The Labute approximate surface area is 78.7 Å². The van der Waals surface area contributed by atoms with E-state index in [1.165, 1.54) is 6.92 Å². The fraction of sp³-hybridized carbons (Fsp3) is 0.125. The van der Waals surface area contributed by atoms with Gasteiger partial charge in [0.2, 0.25) is 12.2 Å². The number of amides is 1. The first-order valence-electron chi connectivity index (χ1n) is 3.71. The number of aryl methyl sites for hydroxylation is 1. The second-order valence-corrected chi connectivity index (χ2v) is 2.64. The standard InChI is InChI=1S/C8H7FN2O3/c1-5-2-8(11(13)14)6(9)3-7(5)10-4-12/h2-4H,1H3,(H,10,12). The van der Waals surface area contributed by atoms with Crippen LogP contribution in [-0.4, -0.2) is 11.3 Å². The van der Waals surface area contributed by atoms with Crippen molar-refractivity contribution in [1.29, 1.82) is 0 Å². The summed E-state index contributed by atoms with van der Waals surface area (Å²) in [6.07, 6.45) is 0.383. The zero-order chi connectivity index (χ0) is 10.7. The molecule has 1 rings (SSSR count). The van der Waals surface area contributed by atoms with E-state index in [2.05, 4.69) is 5.32 Å². The highest BCUT2D eigenvalue weighted by atomic mass is 19.1. The molecule has 14 heavy (non-hydrogen) atoms. The van der Waals surface area contributed by atoms with Crippen molar-refractivity contribution >= 4 is 17.8 Å². The Morgan fingerprint density at radius 1 is 1.57 bits per heavy atom. The third-order valence-corrected chi connectivity index (χ3v) is 1.70. The number of benzene rings is 1. The topological polar surface area (TPSA) is 72.2 Å². The summed E-state index contributed by atoms with van der Waals surface area (Å²) in [4.78, 5) is 19.6. The SMILES string of the molecule is Cc1cc([N+](=O)[O-])c(F)cc1NC=O. The zero-order valence-corrected chi connectivity index (χ0v) is 7.28. The molecule has 0 bridgehead atoms. The van der Waals surface area contributed by atoms with Crippen LogP contribution < -0.4 is 5.32 Å². The molecule has 74 valence electrons. The fourth-order valence-electron chi connectivity index (χ4n) is 1.03. The van der Waals surface area contributed by atoms with Gasteiger partial charge in [-0.05, 0) is 12.5 Å². The van der Waals surface area contributed by atoms with Crippen LogP contribution in [0.5, 0.6) is 0 Å².